The zero-order chi connectivity index (χ0) is 20.8. The van der Waals surface area contributed by atoms with Crippen molar-refractivity contribution in [2.75, 3.05) is 31.1 Å². The fraction of sp³-hybridized carbons (Fsp3) is 0.250. The van der Waals surface area contributed by atoms with Gasteiger partial charge < -0.3 is 4.90 Å². The van der Waals surface area contributed by atoms with Gasteiger partial charge in [0.2, 0.25) is 10.0 Å². The van der Waals surface area contributed by atoms with Gasteiger partial charge in [-0.15, -0.1) is 0 Å². The van der Waals surface area contributed by atoms with Crippen LogP contribution in [0.5, 0.6) is 0 Å². The molecule has 0 atom stereocenters. The average molecular weight is 422 g/mol. The van der Waals surface area contributed by atoms with Gasteiger partial charge in [0.25, 0.3) is 0 Å². The monoisotopic (exact) mass is 421 g/mol. The van der Waals surface area contributed by atoms with E-state index in [1.807, 2.05) is 48.5 Å². The van der Waals surface area contributed by atoms with Gasteiger partial charge in [0, 0.05) is 45.0 Å². The molecule has 0 unspecified atom stereocenters. The molecule has 0 spiro atoms. The number of nitrogens with zero attached hydrogens (tertiary/aromatic N) is 2. The van der Waals surface area contributed by atoms with Gasteiger partial charge in [-0.25, -0.2) is 13.1 Å². The van der Waals surface area contributed by atoms with Crippen LogP contribution >= 0.6 is 0 Å². The minimum Gasteiger partial charge on any atom is -0.369 e. The van der Waals surface area contributed by atoms with Crippen molar-refractivity contribution in [2.24, 2.45) is 0 Å². The van der Waals surface area contributed by atoms with Crippen molar-refractivity contribution in [3.63, 3.8) is 0 Å². The van der Waals surface area contributed by atoms with Crippen LogP contribution in [0.1, 0.15) is 11.1 Å². The lowest BCUT2D eigenvalue weighted by Crippen LogP contribution is -2.45. The van der Waals surface area contributed by atoms with E-state index in [0.29, 0.717) is 4.90 Å². The van der Waals surface area contributed by atoms with Crippen molar-refractivity contribution in [3.8, 4) is 0 Å². The van der Waals surface area contributed by atoms with E-state index in [9.17, 15) is 8.42 Å². The van der Waals surface area contributed by atoms with E-state index in [2.05, 4.69) is 38.8 Å². The van der Waals surface area contributed by atoms with Crippen molar-refractivity contribution in [3.05, 3.63) is 96.1 Å². The number of para-hydroxylation sites is 1. The Bertz CT molecular complexity index is 1030. The molecule has 0 aliphatic carbocycles. The summed E-state index contributed by atoms with van der Waals surface area (Å²) in [6.07, 6.45) is 0. The van der Waals surface area contributed by atoms with Crippen LogP contribution in [0.4, 0.5) is 5.69 Å². The molecule has 0 radical (unpaired) electrons. The van der Waals surface area contributed by atoms with Crippen LogP contribution in [0.15, 0.2) is 89.8 Å². The third-order valence-electron chi connectivity index (χ3n) is 5.44. The summed E-state index contributed by atoms with van der Waals surface area (Å²) >= 11 is 0. The van der Waals surface area contributed by atoms with Gasteiger partial charge >= 0.3 is 0 Å². The van der Waals surface area contributed by atoms with Crippen LogP contribution in [0.2, 0.25) is 0 Å². The molecule has 1 heterocycles. The highest BCUT2D eigenvalue weighted by atomic mass is 32.2. The Kier molecular flexibility index (Phi) is 6.47. The van der Waals surface area contributed by atoms with E-state index in [0.717, 1.165) is 43.9 Å². The summed E-state index contributed by atoms with van der Waals surface area (Å²) in [6, 6.07) is 27.3. The summed E-state index contributed by atoms with van der Waals surface area (Å²) in [5.41, 5.74) is 3.34. The molecule has 6 heteroatoms. The molecule has 5 nitrogen and oxygen atoms in total. The topological polar surface area (TPSA) is 52.7 Å². The van der Waals surface area contributed by atoms with Crippen LogP contribution in [0.25, 0.3) is 0 Å². The molecule has 1 fully saturated rings. The Balaban J connectivity index is 1.30. The first-order valence-electron chi connectivity index (χ1n) is 10.2. The normalized spacial score (nSPS) is 15.3. The Labute approximate surface area is 179 Å². The van der Waals surface area contributed by atoms with Crippen molar-refractivity contribution < 1.29 is 8.42 Å². The molecule has 0 aromatic heterocycles. The van der Waals surface area contributed by atoms with Crippen LogP contribution in [0, 0.1) is 0 Å². The third kappa shape index (κ3) is 5.27. The maximum Gasteiger partial charge on any atom is 0.240 e. The van der Waals surface area contributed by atoms with Crippen molar-refractivity contribution in [1.82, 2.24) is 9.62 Å². The second-order valence-corrected chi connectivity index (χ2v) is 9.32. The molecule has 4 rings (SSSR count). The molecule has 1 aliphatic rings. The number of hydrogen-bond donors (Lipinski definition) is 1. The minimum absolute atomic E-state index is 0.288. The van der Waals surface area contributed by atoms with Gasteiger partial charge in [-0.05, 0) is 35.4 Å². The van der Waals surface area contributed by atoms with Crippen molar-refractivity contribution >= 4 is 15.7 Å². The van der Waals surface area contributed by atoms with E-state index < -0.39 is 10.0 Å². The van der Waals surface area contributed by atoms with Gasteiger partial charge in [-0.2, -0.15) is 0 Å². The number of anilines is 1. The second-order valence-electron chi connectivity index (χ2n) is 7.55. The predicted octanol–water partition coefficient (Wildman–Crippen LogP) is 3.49. The van der Waals surface area contributed by atoms with Crippen molar-refractivity contribution in [1.29, 1.82) is 0 Å². The van der Waals surface area contributed by atoms with Crippen molar-refractivity contribution in [2.45, 2.75) is 18.0 Å². The van der Waals surface area contributed by atoms with Gasteiger partial charge in [0.05, 0.1) is 4.90 Å². The maximum atomic E-state index is 12.6. The summed E-state index contributed by atoms with van der Waals surface area (Å²) in [6.45, 7) is 5.11. The Hall–Kier alpha value is -2.67. The lowest BCUT2D eigenvalue weighted by molar-refractivity contribution is 0.250. The first-order valence-corrected chi connectivity index (χ1v) is 11.7. The smallest absolute Gasteiger partial charge is 0.240 e. The highest BCUT2D eigenvalue weighted by molar-refractivity contribution is 7.89. The molecule has 1 aliphatic heterocycles. The lowest BCUT2D eigenvalue weighted by atomic mass is 10.2. The first kappa shape index (κ1) is 20.6. The SMILES string of the molecule is O=S(=O)(NCc1ccccc1)c1ccc(CN2CCN(c3ccccc3)CC2)cc1. The third-order valence-corrected chi connectivity index (χ3v) is 6.86. The Morgan fingerprint density at radius 1 is 0.700 bits per heavy atom. The van der Waals surface area contributed by atoms with E-state index in [-0.39, 0.29) is 6.54 Å². The van der Waals surface area contributed by atoms with E-state index in [1.54, 1.807) is 12.1 Å². The second kappa shape index (κ2) is 9.43. The first-order chi connectivity index (χ1) is 14.6. The fourth-order valence-electron chi connectivity index (χ4n) is 3.69. The maximum absolute atomic E-state index is 12.6. The zero-order valence-electron chi connectivity index (χ0n) is 16.9. The van der Waals surface area contributed by atoms with Crippen LogP contribution in [-0.4, -0.2) is 39.5 Å². The zero-order valence-corrected chi connectivity index (χ0v) is 17.8. The number of piperazine rings is 1. The van der Waals surface area contributed by atoms with Gasteiger partial charge in [-0.1, -0.05) is 60.7 Å². The van der Waals surface area contributed by atoms with E-state index >= 15 is 0 Å². The summed E-state index contributed by atoms with van der Waals surface area (Å²) < 4.78 is 27.8. The van der Waals surface area contributed by atoms with E-state index in [1.165, 1.54) is 5.69 Å². The Morgan fingerprint density at radius 3 is 1.93 bits per heavy atom. The summed E-state index contributed by atoms with van der Waals surface area (Å²) in [5, 5.41) is 0. The van der Waals surface area contributed by atoms with E-state index in [4.69, 9.17) is 0 Å². The van der Waals surface area contributed by atoms with Crippen LogP contribution < -0.4 is 9.62 Å². The highest BCUT2D eigenvalue weighted by Crippen LogP contribution is 2.18. The molecule has 30 heavy (non-hydrogen) atoms. The van der Waals surface area contributed by atoms with Gasteiger partial charge in [0.15, 0.2) is 0 Å². The molecule has 3 aromatic rings. The molecule has 0 bridgehead atoms. The molecule has 1 N–H and O–H groups in total. The predicted molar refractivity (Wildman–Crippen MR) is 121 cm³/mol. The minimum atomic E-state index is -3.52. The fourth-order valence-corrected chi connectivity index (χ4v) is 4.71. The molecular weight excluding hydrogens is 394 g/mol. The van der Waals surface area contributed by atoms with Crippen LogP contribution in [0.3, 0.4) is 0 Å². The van der Waals surface area contributed by atoms with Crippen LogP contribution in [-0.2, 0) is 23.1 Å². The lowest BCUT2D eigenvalue weighted by Gasteiger charge is -2.36. The number of benzene rings is 3. The largest absolute Gasteiger partial charge is 0.369 e. The summed E-state index contributed by atoms with van der Waals surface area (Å²) in [7, 11) is -3.52. The molecule has 156 valence electrons. The quantitative estimate of drug-likeness (QED) is 0.635. The highest BCUT2D eigenvalue weighted by Gasteiger charge is 2.18. The molecule has 0 amide bonds. The summed E-state index contributed by atoms with van der Waals surface area (Å²) in [4.78, 5) is 5.12. The van der Waals surface area contributed by atoms with Gasteiger partial charge in [0.1, 0.15) is 0 Å². The number of hydrogen-bond acceptors (Lipinski definition) is 4. The van der Waals surface area contributed by atoms with Gasteiger partial charge in [-0.3, -0.25) is 4.90 Å². The molecule has 1 saturated heterocycles. The standard InChI is InChI=1S/C24H27N3O2S/c28-30(29,25-19-21-7-3-1-4-8-21)24-13-11-22(12-14-24)20-26-15-17-27(18-16-26)23-9-5-2-6-10-23/h1-14,25H,15-20H2. The number of nitrogens with one attached hydrogen (secondary N) is 1. The average Bonchev–Trinajstić information content (AvgIpc) is 2.80. The number of sulfonamides is 1. The number of rotatable bonds is 7. The molecule has 3 aromatic carbocycles. The summed E-state index contributed by atoms with van der Waals surface area (Å²) in [5.74, 6) is 0. The Morgan fingerprint density at radius 2 is 1.30 bits per heavy atom. The molecular formula is C24H27N3O2S. The molecule has 0 saturated carbocycles.